The van der Waals surface area contributed by atoms with E-state index in [1.807, 2.05) is 48.5 Å². The van der Waals surface area contributed by atoms with Crippen LogP contribution in [0.15, 0.2) is 78.9 Å². The molecule has 3 aromatic carbocycles. The first-order valence-corrected chi connectivity index (χ1v) is 14.8. The van der Waals surface area contributed by atoms with Crippen LogP contribution in [0.2, 0.25) is 0 Å². The highest BCUT2D eigenvalue weighted by molar-refractivity contribution is 6.03. The molecule has 0 aromatic heterocycles. The molecule has 5 rings (SSSR count). The molecule has 7 heteroatoms. The number of para-hydroxylation sites is 2. The second-order valence-corrected chi connectivity index (χ2v) is 11.0. The van der Waals surface area contributed by atoms with Gasteiger partial charge >= 0.3 is 0 Å². The molecule has 1 saturated heterocycles. The minimum Gasteiger partial charge on any atom is -0.397 e. The minimum atomic E-state index is -0.402. The Kier molecular flexibility index (Phi) is 9.17. The summed E-state index contributed by atoms with van der Waals surface area (Å²) >= 11 is 0. The second kappa shape index (κ2) is 13.1. The Hall–Kier alpha value is -3.94. The van der Waals surface area contributed by atoms with E-state index in [1.165, 1.54) is 24.5 Å². The normalized spacial score (nSPS) is 18.1. The van der Waals surface area contributed by atoms with Crippen LogP contribution in [0, 0.1) is 0 Å². The molecule has 2 unspecified atom stereocenters. The third-order valence-corrected chi connectivity index (χ3v) is 8.26. The number of amides is 2. The molecule has 4 N–H and O–H groups in total. The fourth-order valence-corrected chi connectivity index (χ4v) is 5.78. The molecule has 1 aliphatic heterocycles. The van der Waals surface area contributed by atoms with Crippen LogP contribution in [0.4, 0.5) is 17.1 Å². The zero-order chi connectivity index (χ0) is 28.8. The van der Waals surface area contributed by atoms with Crippen LogP contribution in [0.25, 0.3) is 6.08 Å². The highest BCUT2D eigenvalue weighted by Crippen LogP contribution is 2.40. The monoisotopic (exact) mass is 551 g/mol. The van der Waals surface area contributed by atoms with Gasteiger partial charge in [0.05, 0.1) is 11.4 Å². The fraction of sp³-hybridized carbons (Fsp3) is 0.353. The minimum absolute atomic E-state index is 0.0208. The van der Waals surface area contributed by atoms with Crippen molar-refractivity contribution >= 4 is 35.0 Å². The molecule has 0 radical (unpaired) electrons. The lowest BCUT2D eigenvalue weighted by atomic mass is 10.0. The van der Waals surface area contributed by atoms with Crippen molar-refractivity contribution in [2.75, 3.05) is 42.5 Å². The summed E-state index contributed by atoms with van der Waals surface area (Å²) in [5.74, 6) is 0.410. The first-order valence-electron chi connectivity index (χ1n) is 14.8. The lowest BCUT2D eigenvalue weighted by Gasteiger charge is -2.30. The van der Waals surface area contributed by atoms with E-state index in [4.69, 9.17) is 5.73 Å². The van der Waals surface area contributed by atoms with E-state index in [-0.39, 0.29) is 11.8 Å². The van der Waals surface area contributed by atoms with Crippen molar-refractivity contribution in [1.82, 2.24) is 9.80 Å². The van der Waals surface area contributed by atoms with Crippen LogP contribution in [-0.2, 0) is 9.59 Å². The quantitative estimate of drug-likeness (QED) is 0.204. The predicted octanol–water partition coefficient (Wildman–Crippen LogP) is 5.89. The first-order chi connectivity index (χ1) is 19.9. The number of likely N-dealkylation sites (N-methyl/N-ethyl adjacent to an activating group) is 1. The van der Waals surface area contributed by atoms with Gasteiger partial charge in [-0.25, -0.2) is 0 Å². The highest BCUT2D eigenvalue weighted by Gasteiger charge is 2.35. The number of hydrogen-bond acceptors (Lipinski definition) is 5. The van der Waals surface area contributed by atoms with Crippen molar-refractivity contribution in [2.24, 2.45) is 0 Å². The van der Waals surface area contributed by atoms with Crippen molar-refractivity contribution in [1.29, 1.82) is 0 Å². The molecule has 2 aliphatic rings. The lowest BCUT2D eigenvalue weighted by molar-refractivity contribution is -0.121. The fourth-order valence-electron chi connectivity index (χ4n) is 5.78. The third-order valence-electron chi connectivity index (χ3n) is 8.26. The summed E-state index contributed by atoms with van der Waals surface area (Å²) in [6, 6.07) is 23.4. The number of anilines is 3. The van der Waals surface area contributed by atoms with Crippen LogP contribution in [0.1, 0.15) is 61.8 Å². The van der Waals surface area contributed by atoms with Gasteiger partial charge in [-0.1, -0.05) is 62.4 Å². The number of rotatable bonds is 11. The van der Waals surface area contributed by atoms with Crippen LogP contribution < -0.4 is 16.4 Å². The van der Waals surface area contributed by atoms with Crippen LogP contribution in [-0.4, -0.2) is 53.8 Å². The summed E-state index contributed by atoms with van der Waals surface area (Å²) in [5, 5.41) is 5.99. The Morgan fingerprint density at radius 2 is 1.66 bits per heavy atom. The molecule has 1 aliphatic carbocycles. The predicted molar refractivity (Wildman–Crippen MR) is 168 cm³/mol. The van der Waals surface area contributed by atoms with E-state index in [1.54, 1.807) is 18.2 Å². The number of benzene rings is 3. The number of nitrogens with one attached hydrogen (secondary N) is 2. The van der Waals surface area contributed by atoms with E-state index < -0.39 is 6.04 Å². The molecular formula is C34H41N5O2. The summed E-state index contributed by atoms with van der Waals surface area (Å²) < 4.78 is 0. The molecule has 2 atom stereocenters. The van der Waals surface area contributed by atoms with Crippen molar-refractivity contribution in [3.05, 3.63) is 95.6 Å². The second-order valence-electron chi connectivity index (χ2n) is 11.0. The SMILES string of the molecule is CCN(CC)C1CCN(C(C(=O)Nc2ccc(C3CC3)cc2)c2ccc(C=CC(=O)Nc3ccccc3N)cc2)C1. The number of likely N-dealkylation sites (tertiary alicyclic amines) is 1. The Morgan fingerprint density at radius 1 is 0.951 bits per heavy atom. The van der Waals surface area contributed by atoms with Gasteiger partial charge in [0.1, 0.15) is 6.04 Å². The molecule has 0 spiro atoms. The van der Waals surface area contributed by atoms with Gasteiger partial charge in [0.15, 0.2) is 0 Å². The standard InChI is InChI=1S/C34H41N5O2/c1-3-38(4-2)29-21-22-39(23-29)33(34(41)36-28-18-16-26(17-19-28)25-14-15-25)27-12-9-24(10-13-27)11-20-32(40)37-31-8-6-5-7-30(31)35/h5-13,16-20,25,29,33H,3-4,14-15,21-23,35H2,1-2H3,(H,36,41)(H,37,40). The zero-order valence-corrected chi connectivity index (χ0v) is 24.1. The maximum atomic E-state index is 13.8. The molecule has 214 valence electrons. The average molecular weight is 552 g/mol. The topological polar surface area (TPSA) is 90.7 Å². The smallest absolute Gasteiger partial charge is 0.248 e. The summed E-state index contributed by atoms with van der Waals surface area (Å²) in [5.41, 5.74) is 11.0. The largest absolute Gasteiger partial charge is 0.397 e. The van der Waals surface area contributed by atoms with Gasteiger partial charge in [0.25, 0.3) is 0 Å². The molecule has 0 bridgehead atoms. The number of nitrogens with zero attached hydrogens (tertiary/aromatic N) is 2. The number of hydrogen-bond donors (Lipinski definition) is 3. The van der Waals surface area contributed by atoms with E-state index >= 15 is 0 Å². The van der Waals surface area contributed by atoms with Crippen molar-refractivity contribution in [3.63, 3.8) is 0 Å². The van der Waals surface area contributed by atoms with Gasteiger partial charge < -0.3 is 16.4 Å². The number of nitrogen functional groups attached to an aromatic ring is 1. The highest BCUT2D eigenvalue weighted by atomic mass is 16.2. The van der Waals surface area contributed by atoms with E-state index in [2.05, 4.69) is 46.4 Å². The van der Waals surface area contributed by atoms with E-state index in [0.717, 1.165) is 49.4 Å². The molecule has 1 heterocycles. The van der Waals surface area contributed by atoms with Crippen LogP contribution >= 0.6 is 0 Å². The zero-order valence-electron chi connectivity index (χ0n) is 24.1. The Balaban J connectivity index is 1.30. The molecule has 41 heavy (non-hydrogen) atoms. The Morgan fingerprint density at radius 3 is 2.32 bits per heavy atom. The van der Waals surface area contributed by atoms with Crippen LogP contribution in [0.5, 0.6) is 0 Å². The Labute approximate surface area is 243 Å². The summed E-state index contributed by atoms with van der Waals surface area (Å²) in [7, 11) is 0. The van der Waals surface area contributed by atoms with Crippen molar-refractivity contribution < 1.29 is 9.59 Å². The number of carbonyl (C=O) groups is 2. The lowest BCUT2D eigenvalue weighted by Crippen LogP contribution is -2.40. The van der Waals surface area contributed by atoms with Gasteiger partial charge in [-0.15, -0.1) is 0 Å². The molecule has 7 nitrogen and oxygen atoms in total. The van der Waals surface area contributed by atoms with Gasteiger partial charge in [-0.05, 0) is 85.3 Å². The summed E-state index contributed by atoms with van der Waals surface area (Å²) in [6.07, 6.45) is 6.82. The van der Waals surface area contributed by atoms with E-state index in [9.17, 15) is 9.59 Å². The number of nitrogens with two attached hydrogens (primary N) is 1. The number of carbonyl (C=O) groups excluding carboxylic acids is 2. The van der Waals surface area contributed by atoms with Gasteiger partial charge in [0.2, 0.25) is 11.8 Å². The summed E-state index contributed by atoms with van der Waals surface area (Å²) in [4.78, 5) is 31.0. The van der Waals surface area contributed by atoms with Gasteiger partial charge in [-0.2, -0.15) is 0 Å². The van der Waals surface area contributed by atoms with Gasteiger partial charge in [-0.3, -0.25) is 19.4 Å². The molecular weight excluding hydrogens is 510 g/mol. The van der Waals surface area contributed by atoms with Crippen LogP contribution in [0.3, 0.4) is 0 Å². The Bertz CT molecular complexity index is 1360. The average Bonchev–Trinajstić information content (AvgIpc) is 3.73. The van der Waals surface area contributed by atoms with Crippen molar-refractivity contribution in [2.45, 2.75) is 51.1 Å². The first kappa shape index (κ1) is 28.6. The van der Waals surface area contributed by atoms with Gasteiger partial charge in [0, 0.05) is 30.9 Å². The third kappa shape index (κ3) is 7.23. The molecule has 3 aromatic rings. The van der Waals surface area contributed by atoms with Crippen molar-refractivity contribution in [3.8, 4) is 0 Å². The summed E-state index contributed by atoms with van der Waals surface area (Å²) in [6.45, 7) is 8.12. The maximum absolute atomic E-state index is 13.8. The maximum Gasteiger partial charge on any atom is 0.248 e. The molecule has 2 fully saturated rings. The molecule has 1 saturated carbocycles. The molecule has 2 amide bonds. The van der Waals surface area contributed by atoms with E-state index in [0.29, 0.717) is 23.3 Å².